The van der Waals surface area contributed by atoms with Crippen LogP contribution >= 0.6 is 0 Å². The third-order valence-electron chi connectivity index (χ3n) is 3.57. The molecule has 0 spiro atoms. The second-order valence-corrected chi connectivity index (χ2v) is 5.62. The molecule has 4 heteroatoms. The summed E-state index contributed by atoms with van der Waals surface area (Å²) in [4.78, 5) is 0. The number of rotatable bonds is 11. The Morgan fingerprint density at radius 2 is 1.75 bits per heavy atom. The molecule has 0 rings (SSSR count). The molecular formula is C16H32O4. The van der Waals surface area contributed by atoms with Crippen LogP contribution < -0.4 is 0 Å². The molecule has 3 N–H and O–H groups in total. The summed E-state index contributed by atoms with van der Waals surface area (Å²) in [7, 11) is 1.55. The van der Waals surface area contributed by atoms with Crippen molar-refractivity contribution < 1.29 is 20.1 Å². The van der Waals surface area contributed by atoms with Gasteiger partial charge in [-0.1, -0.05) is 32.3 Å². The molecular weight excluding hydrogens is 256 g/mol. The fraction of sp³-hybridized carbons (Fsp3) is 0.875. The molecule has 0 saturated carbocycles. The zero-order valence-corrected chi connectivity index (χ0v) is 13.4. The summed E-state index contributed by atoms with van der Waals surface area (Å²) < 4.78 is 5.27. The zero-order valence-electron chi connectivity index (χ0n) is 13.4. The SMILES string of the molecule is CCCCCC(O)C(C)=CC(OC)C(O)CCC(C)O. The number of hydrogen-bond donors (Lipinski definition) is 3. The maximum atomic E-state index is 10.0. The Morgan fingerprint density at radius 1 is 1.10 bits per heavy atom. The predicted molar refractivity (Wildman–Crippen MR) is 81.6 cm³/mol. The van der Waals surface area contributed by atoms with E-state index in [2.05, 4.69) is 6.92 Å². The standard InChI is InChI=1S/C16H32O4/c1-5-6-7-8-14(18)12(2)11-16(20-4)15(19)10-9-13(3)17/h11,13-19H,5-10H2,1-4H3. The maximum absolute atomic E-state index is 10.0. The fourth-order valence-electron chi connectivity index (χ4n) is 2.10. The first-order valence-electron chi connectivity index (χ1n) is 7.67. The van der Waals surface area contributed by atoms with Crippen LogP contribution in [0.1, 0.15) is 59.3 Å². The van der Waals surface area contributed by atoms with Gasteiger partial charge in [-0.15, -0.1) is 0 Å². The molecule has 0 aliphatic carbocycles. The largest absolute Gasteiger partial charge is 0.393 e. The van der Waals surface area contributed by atoms with E-state index in [4.69, 9.17) is 4.74 Å². The molecule has 120 valence electrons. The smallest absolute Gasteiger partial charge is 0.101 e. The van der Waals surface area contributed by atoms with Crippen LogP contribution in [0.15, 0.2) is 11.6 Å². The van der Waals surface area contributed by atoms with Crippen LogP contribution in [-0.4, -0.2) is 46.8 Å². The quantitative estimate of drug-likeness (QED) is 0.403. The van der Waals surface area contributed by atoms with Crippen molar-refractivity contribution in [3.8, 4) is 0 Å². The van der Waals surface area contributed by atoms with Gasteiger partial charge in [-0.3, -0.25) is 0 Å². The molecule has 0 aromatic rings. The Kier molecular flexibility index (Phi) is 11.0. The molecule has 0 radical (unpaired) electrons. The molecule has 4 nitrogen and oxygen atoms in total. The maximum Gasteiger partial charge on any atom is 0.101 e. The van der Waals surface area contributed by atoms with Gasteiger partial charge in [0.2, 0.25) is 0 Å². The average molecular weight is 288 g/mol. The van der Waals surface area contributed by atoms with E-state index in [0.717, 1.165) is 31.3 Å². The molecule has 0 aromatic heterocycles. The normalized spacial score (nSPS) is 18.6. The van der Waals surface area contributed by atoms with E-state index < -0.39 is 24.4 Å². The number of methoxy groups -OCH3 is 1. The van der Waals surface area contributed by atoms with Gasteiger partial charge in [0.15, 0.2) is 0 Å². The van der Waals surface area contributed by atoms with Crippen LogP contribution in [0.5, 0.6) is 0 Å². The van der Waals surface area contributed by atoms with Crippen molar-refractivity contribution in [3.05, 3.63) is 11.6 Å². The second kappa shape index (κ2) is 11.3. The van der Waals surface area contributed by atoms with Gasteiger partial charge in [0.1, 0.15) is 6.10 Å². The lowest BCUT2D eigenvalue weighted by Crippen LogP contribution is -2.28. The lowest BCUT2D eigenvalue weighted by molar-refractivity contribution is 0.00468. The topological polar surface area (TPSA) is 69.9 Å². The number of unbranched alkanes of at least 4 members (excludes halogenated alkanes) is 2. The van der Waals surface area contributed by atoms with Crippen LogP contribution in [-0.2, 0) is 4.74 Å². The van der Waals surface area contributed by atoms with Gasteiger partial charge in [-0.05, 0) is 38.7 Å². The fourth-order valence-corrected chi connectivity index (χ4v) is 2.10. The summed E-state index contributed by atoms with van der Waals surface area (Å²) >= 11 is 0. The Bertz CT molecular complexity index is 263. The number of aliphatic hydroxyl groups is 3. The molecule has 0 saturated heterocycles. The first kappa shape index (κ1) is 19.6. The van der Waals surface area contributed by atoms with Gasteiger partial charge < -0.3 is 20.1 Å². The molecule has 0 heterocycles. The molecule has 0 bridgehead atoms. The van der Waals surface area contributed by atoms with Crippen molar-refractivity contribution in [1.82, 2.24) is 0 Å². The Labute approximate surface area is 123 Å². The van der Waals surface area contributed by atoms with Crippen molar-refractivity contribution in [2.45, 2.75) is 83.7 Å². The highest BCUT2D eigenvalue weighted by Crippen LogP contribution is 2.15. The van der Waals surface area contributed by atoms with Crippen LogP contribution in [0.3, 0.4) is 0 Å². The molecule has 0 aliphatic heterocycles. The van der Waals surface area contributed by atoms with Gasteiger partial charge in [-0.2, -0.15) is 0 Å². The van der Waals surface area contributed by atoms with Crippen LogP contribution in [0, 0.1) is 0 Å². The first-order chi connectivity index (χ1) is 9.42. The van der Waals surface area contributed by atoms with Crippen molar-refractivity contribution in [3.63, 3.8) is 0 Å². The molecule has 0 aromatic carbocycles. The molecule has 4 unspecified atom stereocenters. The predicted octanol–water partition coefficient (Wildman–Crippen LogP) is 2.41. The van der Waals surface area contributed by atoms with Crippen LogP contribution in [0.2, 0.25) is 0 Å². The molecule has 20 heavy (non-hydrogen) atoms. The Morgan fingerprint density at radius 3 is 2.25 bits per heavy atom. The summed E-state index contributed by atoms with van der Waals surface area (Å²) in [6.07, 6.45) is 4.82. The highest BCUT2D eigenvalue weighted by Gasteiger charge is 2.18. The summed E-state index contributed by atoms with van der Waals surface area (Å²) in [6, 6.07) is 0. The van der Waals surface area contributed by atoms with E-state index >= 15 is 0 Å². The highest BCUT2D eigenvalue weighted by molar-refractivity contribution is 5.09. The lowest BCUT2D eigenvalue weighted by atomic mass is 9.99. The summed E-state index contributed by atoms with van der Waals surface area (Å²) in [6.45, 7) is 5.70. The molecule has 4 atom stereocenters. The zero-order chi connectivity index (χ0) is 15.5. The molecule has 0 amide bonds. The Hall–Kier alpha value is -0.420. The lowest BCUT2D eigenvalue weighted by Gasteiger charge is -2.21. The second-order valence-electron chi connectivity index (χ2n) is 5.62. The van der Waals surface area contributed by atoms with Crippen molar-refractivity contribution >= 4 is 0 Å². The van der Waals surface area contributed by atoms with Gasteiger partial charge in [0.25, 0.3) is 0 Å². The van der Waals surface area contributed by atoms with Gasteiger partial charge >= 0.3 is 0 Å². The van der Waals surface area contributed by atoms with E-state index in [-0.39, 0.29) is 0 Å². The number of hydrogen-bond acceptors (Lipinski definition) is 4. The van der Waals surface area contributed by atoms with E-state index in [9.17, 15) is 15.3 Å². The third-order valence-corrected chi connectivity index (χ3v) is 3.57. The number of aliphatic hydroxyl groups excluding tert-OH is 3. The van der Waals surface area contributed by atoms with Crippen molar-refractivity contribution in [1.29, 1.82) is 0 Å². The van der Waals surface area contributed by atoms with Gasteiger partial charge in [0.05, 0.1) is 18.3 Å². The monoisotopic (exact) mass is 288 g/mol. The van der Waals surface area contributed by atoms with Gasteiger partial charge in [-0.25, -0.2) is 0 Å². The minimum Gasteiger partial charge on any atom is -0.393 e. The van der Waals surface area contributed by atoms with Crippen LogP contribution in [0.4, 0.5) is 0 Å². The van der Waals surface area contributed by atoms with E-state index in [1.807, 2.05) is 6.92 Å². The minimum atomic E-state index is -0.660. The highest BCUT2D eigenvalue weighted by atomic mass is 16.5. The summed E-state index contributed by atoms with van der Waals surface area (Å²) in [5.74, 6) is 0. The molecule has 0 aliphatic rings. The Balaban J connectivity index is 4.37. The average Bonchev–Trinajstić information content (AvgIpc) is 2.41. The minimum absolute atomic E-state index is 0.424. The van der Waals surface area contributed by atoms with E-state index in [1.165, 1.54) is 0 Å². The summed E-state index contributed by atoms with van der Waals surface area (Å²) in [5.41, 5.74) is 0.837. The third kappa shape index (κ3) is 8.69. The summed E-state index contributed by atoms with van der Waals surface area (Å²) in [5, 5.41) is 29.3. The van der Waals surface area contributed by atoms with Crippen molar-refractivity contribution in [2.75, 3.05) is 7.11 Å². The number of ether oxygens (including phenoxy) is 1. The van der Waals surface area contributed by atoms with Gasteiger partial charge in [0, 0.05) is 7.11 Å². The van der Waals surface area contributed by atoms with E-state index in [0.29, 0.717) is 12.8 Å². The van der Waals surface area contributed by atoms with E-state index in [1.54, 1.807) is 20.1 Å². The molecule has 0 fully saturated rings. The van der Waals surface area contributed by atoms with Crippen LogP contribution in [0.25, 0.3) is 0 Å². The van der Waals surface area contributed by atoms with Crippen molar-refractivity contribution in [2.24, 2.45) is 0 Å². The first-order valence-corrected chi connectivity index (χ1v) is 7.67.